The van der Waals surface area contributed by atoms with E-state index >= 15 is 0 Å². The molecule has 0 radical (unpaired) electrons. The second-order valence-electron chi connectivity index (χ2n) is 5.48. The van der Waals surface area contributed by atoms with Gasteiger partial charge in [0, 0.05) is 24.2 Å². The lowest BCUT2D eigenvalue weighted by Crippen LogP contribution is -2.03. The van der Waals surface area contributed by atoms with Crippen LogP contribution in [0.3, 0.4) is 0 Å². The Morgan fingerprint density at radius 2 is 1.86 bits per heavy atom. The van der Waals surface area contributed by atoms with Gasteiger partial charge in [-0.25, -0.2) is 15.0 Å². The number of pyridine rings is 1. The van der Waals surface area contributed by atoms with Crippen molar-refractivity contribution in [2.45, 2.75) is 49.6 Å². The van der Waals surface area contributed by atoms with Crippen molar-refractivity contribution < 1.29 is 0 Å². The summed E-state index contributed by atoms with van der Waals surface area (Å²) in [5, 5.41) is 5.26. The Bertz CT molecular complexity index is 632. The highest BCUT2D eigenvalue weighted by Crippen LogP contribution is 2.39. The predicted octanol–water partition coefficient (Wildman–Crippen LogP) is 3.95. The highest BCUT2D eigenvalue weighted by molar-refractivity contribution is 7.99. The molecule has 2 heterocycles. The van der Waals surface area contributed by atoms with Crippen molar-refractivity contribution in [2.24, 2.45) is 0 Å². The highest BCUT2D eigenvalue weighted by Gasteiger charge is 2.27. The molecule has 2 aromatic heterocycles. The summed E-state index contributed by atoms with van der Waals surface area (Å²) in [5.74, 6) is 2.44. The molecular weight excluding hydrogens is 280 g/mol. The molecule has 0 bridgehead atoms. The molecule has 4 nitrogen and oxygen atoms in total. The Hall–Kier alpha value is -1.62. The maximum Gasteiger partial charge on any atom is 0.135 e. The largest absolute Gasteiger partial charge is 0.370 e. The average Bonchev–Trinajstić information content (AvgIpc) is 3.21. The molecule has 21 heavy (non-hydrogen) atoms. The number of aromatic nitrogens is 3. The van der Waals surface area contributed by atoms with Crippen molar-refractivity contribution in [2.75, 3.05) is 11.9 Å². The van der Waals surface area contributed by atoms with Crippen LogP contribution in [0.25, 0.3) is 0 Å². The number of anilines is 1. The van der Waals surface area contributed by atoms with E-state index in [1.807, 2.05) is 13.0 Å². The van der Waals surface area contributed by atoms with E-state index in [4.69, 9.17) is 4.98 Å². The summed E-state index contributed by atoms with van der Waals surface area (Å²) in [7, 11) is 0. The second kappa shape index (κ2) is 6.02. The minimum Gasteiger partial charge on any atom is -0.370 e. The SMILES string of the molecule is CCNc1cc(Sc2cc(C)cc(C)n2)nc(C2CC2)n1. The van der Waals surface area contributed by atoms with Crippen molar-refractivity contribution in [3.05, 3.63) is 35.3 Å². The second-order valence-corrected chi connectivity index (χ2v) is 6.52. The first-order chi connectivity index (χ1) is 10.1. The molecule has 2 aromatic rings. The fourth-order valence-corrected chi connectivity index (χ4v) is 3.21. The summed E-state index contributed by atoms with van der Waals surface area (Å²) < 4.78 is 0. The van der Waals surface area contributed by atoms with E-state index in [1.165, 1.54) is 18.4 Å². The van der Waals surface area contributed by atoms with Gasteiger partial charge in [0.05, 0.1) is 0 Å². The molecule has 0 unspecified atom stereocenters. The van der Waals surface area contributed by atoms with E-state index in [2.05, 4.69) is 41.3 Å². The summed E-state index contributed by atoms with van der Waals surface area (Å²) in [6.07, 6.45) is 2.42. The first-order valence-corrected chi connectivity index (χ1v) is 8.21. The topological polar surface area (TPSA) is 50.7 Å². The van der Waals surface area contributed by atoms with Crippen molar-refractivity contribution >= 4 is 17.6 Å². The Kier molecular flexibility index (Phi) is 4.10. The minimum atomic E-state index is 0.551. The van der Waals surface area contributed by atoms with Crippen LogP contribution >= 0.6 is 11.8 Å². The number of rotatable bonds is 5. The van der Waals surface area contributed by atoms with Crippen LogP contribution in [0.4, 0.5) is 5.82 Å². The van der Waals surface area contributed by atoms with E-state index in [1.54, 1.807) is 11.8 Å². The van der Waals surface area contributed by atoms with Crippen LogP contribution in [0.1, 0.15) is 42.8 Å². The molecule has 3 rings (SSSR count). The van der Waals surface area contributed by atoms with Crippen molar-refractivity contribution in [1.29, 1.82) is 0 Å². The standard InChI is InChI=1S/C16H20N4S/c1-4-17-13-9-15(20-16(19-13)12-5-6-12)21-14-8-10(2)7-11(3)18-14/h7-9,12H,4-6H2,1-3H3,(H,17,19,20). The highest BCUT2D eigenvalue weighted by atomic mass is 32.2. The normalized spacial score (nSPS) is 14.2. The molecule has 0 spiro atoms. The van der Waals surface area contributed by atoms with Crippen LogP contribution in [0.15, 0.2) is 28.3 Å². The maximum absolute atomic E-state index is 4.70. The number of nitrogens with zero attached hydrogens (tertiary/aromatic N) is 3. The van der Waals surface area contributed by atoms with E-state index in [9.17, 15) is 0 Å². The van der Waals surface area contributed by atoms with Gasteiger partial charge < -0.3 is 5.32 Å². The quantitative estimate of drug-likeness (QED) is 0.847. The molecule has 1 aliphatic rings. The van der Waals surface area contributed by atoms with Crippen molar-refractivity contribution in [3.63, 3.8) is 0 Å². The Morgan fingerprint density at radius 3 is 2.52 bits per heavy atom. The molecule has 0 aromatic carbocycles. The zero-order valence-electron chi connectivity index (χ0n) is 12.7. The van der Waals surface area contributed by atoms with E-state index < -0.39 is 0 Å². The maximum atomic E-state index is 4.70. The third-order valence-electron chi connectivity index (χ3n) is 3.30. The van der Waals surface area contributed by atoms with Gasteiger partial charge in [-0.2, -0.15) is 0 Å². The first-order valence-electron chi connectivity index (χ1n) is 7.40. The number of hydrogen-bond donors (Lipinski definition) is 1. The van der Waals surface area contributed by atoms with Gasteiger partial charge in [0.2, 0.25) is 0 Å². The van der Waals surface area contributed by atoms with Gasteiger partial charge in [-0.3, -0.25) is 0 Å². The summed E-state index contributed by atoms with van der Waals surface area (Å²) in [5.41, 5.74) is 2.27. The summed E-state index contributed by atoms with van der Waals surface area (Å²) in [6, 6.07) is 6.20. The monoisotopic (exact) mass is 300 g/mol. The molecule has 0 saturated heterocycles. The smallest absolute Gasteiger partial charge is 0.135 e. The lowest BCUT2D eigenvalue weighted by molar-refractivity contribution is 0.875. The van der Waals surface area contributed by atoms with Crippen molar-refractivity contribution in [3.8, 4) is 0 Å². The minimum absolute atomic E-state index is 0.551. The fraction of sp³-hybridized carbons (Fsp3) is 0.438. The molecule has 1 fully saturated rings. The summed E-state index contributed by atoms with van der Waals surface area (Å²) in [4.78, 5) is 13.9. The van der Waals surface area contributed by atoms with Crippen LogP contribution in [0.2, 0.25) is 0 Å². The first kappa shape index (κ1) is 14.3. The van der Waals surface area contributed by atoms with E-state index in [0.717, 1.165) is 33.9 Å². The van der Waals surface area contributed by atoms with Crippen LogP contribution in [0, 0.1) is 13.8 Å². The third-order valence-corrected chi connectivity index (χ3v) is 4.14. The molecule has 0 amide bonds. The van der Waals surface area contributed by atoms with Gasteiger partial charge in [-0.05, 0) is 63.1 Å². The van der Waals surface area contributed by atoms with Crippen LogP contribution in [-0.4, -0.2) is 21.5 Å². The van der Waals surface area contributed by atoms with Gasteiger partial charge in [-0.15, -0.1) is 0 Å². The summed E-state index contributed by atoms with van der Waals surface area (Å²) in [6.45, 7) is 7.07. The molecular formula is C16H20N4S. The van der Waals surface area contributed by atoms with Gasteiger partial charge in [0.1, 0.15) is 21.7 Å². The molecule has 0 atom stereocenters. The van der Waals surface area contributed by atoms with Gasteiger partial charge >= 0.3 is 0 Å². The molecule has 1 N–H and O–H groups in total. The molecule has 1 aliphatic carbocycles. The Balaban J connectivity index is 1.89. The number of aryl methyl sites for hydroxylation is 2. The molecule has 0 aliphatic heterocycles. The van der Waals surface area contributed by atoms with E-state index in [-0.39, 0.29) is 0 Å². The van der Waals surface area contributed by atoms with Crippen LogP contribution < -0.4 is 5.32 Å². The lowest BCUT2D eigenvalue weighted by Gasteiger charge is -2.08. The summed E-state index contributed by atoms with van der Waals surface area (Å²) >= 11 is 1.61. The third kappa shape index (κ3) is 3.73. The van der Waals surface area contributed by atoms with E-state index in [0.29, 0.717) is 5.92 Å². The van der Waals surface area contributed by atoms with Gasteiger partial charge in [0.25, 0.3) is 0 Å². The van der Waals surface area contributed by atoms with Crippen molar-refractivity contribution in [1.82, 2.24) is 15.0 Å². The zero-order chi connectivity index (χ0) is 14.8. The number of nitrogens with one attached hydrogen (secondary N) is 1. The Labute approximate surface area is 129 Å². The number of hydrogen-bond acceptors (Lipinski definition) is 5. The van der Waals surface area contributed by atoms with Crippen LogP contribution in [0.5, 0.6) is 0 Å². The van der Waals surface area contributed by atoms with Gasteiger partial charge in [0.15, 0.2) is 0 Å². The molecule has 110 valence electrons. The fourth-order valence-electron chi connectivity index (χ4n) is 2.25. The lowest BCUT2D eigenvalue weighted by atomic mass is 10.3. The average molecular weight is 300 g/mol. The molecule has 1 saturated carbocycles. The predicted molar refractivity (Wildman–Crippen MR) is 86.0 cm³/mol. The molecule has 5 heteroatoms. The Morgan fingerprint density at radius 1 is 1.10 bits per heavy atom. The zero-order valence-corrected chi connectivity index (χ0v) is 13.5. The van der Waals surface area contributed by atoms with Gasteiger partial charge in [-0.1, -0.05) is 0 Å². The van der Waals surface area contributed by atoms with Crippen LogP contribution in [-0.2, 0) is 0 Å².